The predicted molar refractivity (Wildman–Crippen MR) is 165 cm³/mol. The lowest BCUT2D eigenvalue weighted by molar-refractivity contribution is -0.123. The average molecular weight is 638 g/mol. The Labute approximate surface area is 255 Å². The summed E-state index contributed by atoms with van der Waals surface area (Å²) in [6.07, 6.45) is 5.93. The molecule has 222 valence electrons. The van der Waals surface area contributed by atoms with Gasteiger partial charge in [0, 0.05) is 54.0 Å². The molecule has 0 spiro atoms. The Bertz CT molecular complexity index is 1460. The topological polar surface area (TPSA) is 74.6 Å². The minimum Gasteiger partial charge on any atom is -0.336 e. The second kappa shape index (κ2) is 12.9. The van der Waals surface area contributed by atoms with Crippen LogP contribution >= 0.6 is 15.9 Å². The normalized spacial score (nSPS) is 21.5. The molecule has 1 aromatic heterocycles. The van der Waals surface area contributed by atoms with Crippen LogP contribution in [-0.2, 0) is 17.8 Å². The maximum absolute atomic E-state index is 14.4. The highest BCUT2D eigenvalue weighted by Crippen LogP contribution is 2.29. The Morgan fingerprint density at radius 2 is 1.81 bits per heavy atom. The summed E-state index contributed by atoms with van der Waals surface area (Å²) in [6.45, 7) is 10.5. The van der Waals surface area contributed by atoms with E-state index in [0.717, 1.165) is 34.3 Å². The zero-order valence-electron chi connectivity index (χ0n) is 24.6. The Morgan fingerprint density at radius 1 is 1.10 bits per heavy atom. The van der Waals surface area contributed by atoms with Crippen molar-refractivity contribution in [3.63, 3.8) is 0 Å². The van der Waals surface area contributed by atoms with E-state index in [0.29, 0.717) is 43.7 Å². The van der Waals surface area contributed by atoms with Crippen molar-refractivity contribution in [1.82, 2.24) is 24.8 Å². The molecule has 2 amide bonds. The van der Waals surface area contributed by atoms with Gasteiger partial charge in [0.1, 0.15) is 11.9 Å². The van der Waals surface area contributed by atoms with Gasteiger partial charge < -0.3 is 9.80 Å². The lowest BCUT2D eigenvalue weighted by Crippen LogP contribution is -2.57. The molecule has 10 heteroatoms. The van der Waals surface area contributed by atoms with Crippen molar-refractivity contribution < 1.29 is 14.0 Å². The van der Waals surface area contributed by atoms with Gasteiger partial charge in [0.05, 0.1) is 11.9 Å². The summed E-state index contributed by atoms with van der Waals surface area (Å²) in [5.41, 5.74) is 3.83. The molecule has 0 saturated carbocycles. The first-order valence-corrected chi connectivity index (χ1v) is 15.3. The summed E-state index contributed by atoms with van der Waals surface area (Å²) < 4.78 is 17.0. The Balaban J connectivity index is 1.23. The van der Waals surface area contributed by atoms with E-state index in [9.17, 15) is 14.0 Å². The second-order valence-corrected chi connectivity index (χ2v) is 12.6. The second-order valence-electron chi connectivity index (χ2n) is 11.7. The zero-order chi connectivity index (χ0) is 30.0. The third kappa shape index (κ3) is 6.65. The number of amides is 2. The number of aromatic nitrogens is 3. The van der Waals surface area contributed by atoms with Crippen LogP contribution in [0.25, 0.3) is 0 Å². The van der Waals surface area contributed by atoms with Gasteiger partial charge >= 0.3 is 0 Å². The maximum Gasteiger partial charge on any atom is 0.253 e. The third-order valence-electron chi connectivity index (χ3n) is 8.18. The molecule has 2 fully saturated rings. The highest BCUT2D eigenvalue weighted by molar-refractivity contribution is 9.10. The molecule has 2 aromatic carbocycles. The summed E-state index contributed by atoms with van der Waals surface area (Å²) in [5.74, 6) is -0.345. The van der Waals surface area contributed by atoms with Crippen molar-refractivity contribution >= 4 is 33.4 Å². The molecule has 0 N–H and O–H groups in total. The lowest BCUT2D eigenvalue weighted by atomic mass is 10.0. The molecule has 3 atom stereocenters. The number of hydrogen-bond acceptors (Lipinski definition) is 5. The van der Waals surface area contributed by atoms with Crippen molar-refractivity contribution in [2.24, 2.45) is 0 Å². The third-order valence-corrected chi connectivity index (χ3v) is 8.71. The highest BCUT2D eigenvalue weighted by Gasteiger charge is 2.35. The van der Waals surface area contributed by atoms with Gasteiger partial charge in [0.15, 0.2) is 0 Å². The van der Waals surface area contributed by atoms with E-state index in [2.05, 4.69) is 45.0 Å². The molecule has 3 aromatic rings. The van der Waals surface area contributed by atoms with Crippen molar-refractivity contribution in [1.29, 1.82) is 0 Å². The van der Waals surface area contributed by atoms with Crippen LogP contribution < -0.4 is 4.90 Å². The summed E-state index contributed by atoms with van der Waals surface area (Å²) in [5, 5.41) is 8.78. The Hall–Kier alpha value is -3.37. The standard InChI is InChI=1S/C32H38BrFN6O2/c1-21(2)7-8-24-16-25(9-14-29(24)34)31(41)37-17-22(3)39(23(4)18-37)19-27-20-40(36-35-27)30-6-5-15-38(32(30)42)28-12-10-26(33)11-13-28/h7,9-14,16,20,22-23,30H,5-6,8,15,17-19H2,1-4H3/t22-,23+,30?. The Morgan fingerprint density at radius 3 is 2.50 bits per heavy atom. The highest BCUT2D eigenvalue weighted by atomic mass is 79.9. The number of carbonyl (C=O) groups excluding carboxylic acids is 2. The lowest BCUT2D eigenvalue weighted by Gasteiger charge is -2.44. The molecule has 2 aliphatic rings. The molecule has 2 saturated heterocycles. The molecular formula is C32H38BrFN6O2. The molecule has 2 aliphatic heterocycles. The van der Waals surface area contributed by atoms with E-state index < -0.39 is 0 Å². The number of halogens is 2. The molecule has 5 rings (SSSR count). The quantitative estimate of drug-likeness (QED) is 0.307. The van der Waals surface area contributed by atoms with Gasteiger partial charge in [0.2, 0.25) is 0 Å². The van der Waals surface area contributed by atoms with E-state index >= 15 is 0 Å². The predicted octanol–water partition coefficient (Wildman–Crippen LogP) is 5.79. The smallest absolute Gasteiger partial charge is 0.253 e. The summed E-state index contributed by atoms with van der Waals surface area (Å²) >= 11 is 3.46. The fraction of sp³-hybridized carbons (Fsp3) is 0.438. The number of nitrogens with zero attached hydrogens (tertiary/aromatic N) is 6. The molecule has 0 radical (unpaired) electrons. The molecule has 0 bridgehead atoms. The number of piperidine rings is 1. The van der Waals surface area contributed by atoms with Crippen LogP contribution in [0.2, 0.25) is 0 Å². The number of allylic oxidation sites excluding steroid dienone is 2. The minimum absolute atomic E-state index is 0.0266. The fourth-order valence-electron chi connectivity index (χ4n) is 5.90. The van der Waals surface area contributed by atoms with E-state index in [4.69, 9.17) is 0 Å². The first-order chi connectivity index (χ1) is 20.1. The molecule has 1 unspecified atom stereocenters. The van der Waals surface area contributed by atoms with Crippen LogP contribution in [0.1, 0.15) is 68.2 Å². The number of anilines is 1. The van der Waals surface area contributed by atoms with E-state index in [1.54, 1.807) is 16.8 Å². The molecular weight excluding hydrogens is 599 g/mol. The fourth-order valence-corrected chi connectivity index (χ4v) is 6.16. The first kappa shape index (κ1) is 30.1. The van der Waals surface area contributed by atoms with Crippen molar-refractivity contribution in [3.8, 4) is 0 Å². The van der Waals surface area contributed by atoms with Crippen LogP contribution in [0, 0.1) is 5.82 Å². The number of carbonyl (C=O) groups is 2. The number of benzene rings is 2. The van der Waals surface area contributed by atoms with Crippen LogP contribution in [-0.4, -0.2) is 68.3 Å². The van der Waals surface area contributed by atoms with Gasteiger partial charge in [-0.1, -0.05) is 32.8 Å². The van der Waals surface area contributed by atoms with Gasteiger partial charge in [0.25, 0.3) is 11.8 Å². The van der Waals surface area contributed by atoms with Crippen LogP contribution in [0.4, 0.5) is 10.1 Å². The van der Waals surface area contributed by atoms with Crippen LogP contribution in [0.15, 0.2) is 64.8 Å². The molecule has 3 heterocycles. The Kier molecular flexibility index (Phi) is 9.22. The maximum atomic E-state index is 14.4. The molecule has 8 nitrogen and oxygen atoms in total. The van der Waals surface area contributed by atoms with E-state index in [-0.39, 0.29) is 35.8 Å². The largest absolute Gasteiger partial charge is 0.336 e. The van der Waals surface area contributed by atoms with Gasteiger partial charge in [-0.05, 0) is 95.0 Å². The van der Waals surface area contributed by atoms with Crippen LogP contribution in [0.5, 0.6) is 0 Å². The minimum atomic E-state index is -0.384. The van der Waals surface area contributed by atoms with Gasteiger partial charge in [-0.2, -0.15) is 0 Å². The summed E-state index contributed by atoms with van der Waals surface area (Å²) in [7, 11) is 0. The average Bonchev–Trinajstić information content (AvgIpc) is 3.43. The van der Waals surface area contributed by atoms with E-state index in [1.165, 1.54) is 6.07 Å². The van der Waals surface area contributed by atoms with Crippen molar-refractivity contribution in [2.75, 3.05) is 24.5 Å². The SMILES string of the molecule is CC(C)=CCc1cc(C(=O)N2C[C@@H](C)N(Cc3cn(C4CCCN(c5ccc(Br)cc5)C4=O)nn3)[C@@H](C)C2)ccc1F. The number of piperazine rings is 1. The van der Waals surface area contributed by atoms with Gasteiger partial charge in [-0.3, -0.25) is 14.5 Å². The van der Waals surface area contributed by atoms with Crippen molar-refractivity contribution in [3.05, 3.63) is 87.4 Å². The summed E-state index contributed by atoms with van der Waals surface area (Å²) in [6, 6.07) is 12.2. The first-order valence-electron chi connectivity index (χ1n) is 14.5. The summed E-state index contributed by atoms with van der Waals surface area (Å²) in [4.78, 5) is 32.8. The number of rotatable bonds is 7. The van der Waals surface area contributed by atoms with Gasteiger partial charge in [-0.15, -0.1) is 5.10 Å². The molecule has 42 heavy (non-hydrogen) atoms. The van der Waals surface area contributed by atoms with E-state index in [1.807, 2.05) is 60.2 Å². The monoisotopic (exact) mass is 636 g/mol. The van der Waals surface area contributed by atoms with Crippen molar-refractivity contribution in [2.45, 2.75) is 71.6 Å². The van der Waals surface area contributed by atoms with Gasteiger partial charge in [-0.25, -0.2) is 9.07 Å². The number of hydrogen-bond donors (Lipinski definition) is 0. The zero-order valence-corrected chi connectivity index (χ0v) is 26.2. The van der Waals surface area contributed by atoms with Crippen LogP contribution in [0.3, 0.4) is 0 Å². The molecule has 0 aliphatic carbocycles.